The Labute approximate surface area is 107 Å². The lowest BCUT2D eigenvalue weighted by Gasteiger charge is -2.13. The third-order valence-electron chi connectivity index (χ3n) is 3.22. The Balaban J connectivity index is 2.07. The fraction of sp³-hybridized carbons (Fsp3) is 0.143. The van der Waals surface area contributed by atoms with E-state index in [1.165, 1.54) is 6.07 Å². The van der Waals surface area contributed by atoms with E-state index in [2.05, 4.69) is 4.74 Å². The van der Waals surface area contributed by atoms with Crippen molar-refractivity contribution in [2.24, 2.45) is 0 Å². The first-order valence-electron chi connectivity index (χ1n) is 5.71. The third kappa shape index (κ3) is 2.01. The summed E-state index contributed by atoms with van der Waals surface area (Å²) in [4.78, 5) is 0. The number of nitrogen functional groups attached to an aromatic ring is 1. The van der Waals surface area contributed by atoms with Crippen LogP contribution in [0.5, 0.6) is 5.75 Å². The maximum absolute atomic E-state index is 12.3. The van der Waals surface area contributed by atoms with E-state index in [-0.39, 0.29) is 11.4 Å². The van der Waals surface area contributed by atoms with Gasteiger partial charge in [-0.25, -0.2) is 0 Å². The van der Waals surface area contributed by atoms with E-state index in [9.17, 15) is 13.2 Å². The predicted octanol–water partition coefficient (Wildman–Crippen LogP) is 3.74. The smallest absolute Gasteiger partial charge is 0.404 e. The van der Waals surface area contributed by atoms with Crippen molar-refractivity contribution >= 4 is 5.69 Å². The molecule has 0 fully saturated rings. The minimum Gasteiger partial charge on any atom is -0.404 e. The van der Waals surface area contributed by atoms with Crippen molar-refractivity contribution in [2.45, 2.75) is 12.8 Å². The molecule has 2 nitrogen and oxygen atoms in total. The number of fused-ring (bicyclic) bond motifs is 3. The third-order valence-corrected chi connectivity index (χ3v) is 3.22. The van der Waals surface area contributed by atoms with Gasteiger partial charge in [-0.1, -0.05) is 30.3 Å². The molecule has 0 unspecified atom stereocenters. The van der Waals surface area contributed by atoms with Crippen LogP contribution < -0.4 is 10.5 Å². The summed E-state index contributed by atoms with van der Waals surface area (Å²) in [5.74, 6) is -0.334. The van der Waals surface area contributed by atoms with Crippen molar-refractivity contribution < 1.29 is 17.9 Å². The second kappa shape index (κ2) is 3.91. The lowest BCUT2D eigenvalue weighted by atomic mass is 10.0. The first-order chi connectivity index (χ1) is 8.96. The number of rotatable bonds is 1. The largest absolute Gasteiger partial charge is 0.573 e. The van der Waals surface area contributed by atoms with Crippen molar-refractivity contribution in [1.82, 2.24) is 0 Å². The van der Waals surface area contributed by atoms with Crippen LogP contribution in [0.3, 0.4) is 0 Å². The highest BCUT2D eigenvalue weighted by molar-refractivity contribution is 5.83. The van der Waals surface area contributed by atoms with E-state index in [1.54, 1.807) is 6.07 Å². The van der Waals surface area contributed by atoms with Gasteiger partial charge in [0.05, 0.1) is 5.69 Å². The van der Waals surface area contributed by atoms with E-state index in [0.29, 0.717) is 12.0 Å². The lowest BCUT2D eigenvalue weighted by Crippen LogP contribution is -2.18. The standard InChI is InChI=1S/C14H10F3NO/c15-14(16,17)19-12-6-5-10-9-4-2-1-3-8(9)7-11(10)13(12)18/h1-6H,7,18H2. The summed E-state index contributed by atoms with van der Waals surface area (Å²) in [7, 11) is 0. The fourth-order valence-electron chi connectivity index (χ4n) is 2.43. The summed E-state index contributed by atoms with van der Waals surface area (Å²) in [5.41, 5.74) is 9.51. The minimum absolute atomic E-state index is 0.0611. The molecule has 19 heavy (non-hydrogen) atoms. The van der Waals surface area contributed by atoms with Crippen molar-refractivity contribution in [3.8, 4) is 16.9 Å². The molecule has 0 bridgehead atoms. The van der Waals surface area contributed by atoms with Crippen LogP contribution in [0.25, 0.3) is 11.1 Å². The highest BCUT2D eigenvalue weighted by Gasteiger charge is 2.33. The molecule has 0 atom stereocenters. The average Bonchev–Trinajstić information content (AvgIpc) is 2.71. The molecule has 0 saturated heterocycles. The normalized spacial score (nSPS) is 13.0. The van der Waals surface area contributed by atoms with E-state index in [1.807, 2.05) is 24.3 Å². The molecule has 0 radical (unpaired) electrons. The zero-order valence-electron chi connectivity index (χ0n) is 9.79. The Hall–Kier alpha value is -2.17. The van der Waals surface area contributed by atoms with E-state index >= 15 is 0 Å². The molecule has 3 rings (SSSR count). The Morgan fingerprint density at radius 3 is 2.47 bits per heavy atom. The molecule has 0 aromatic heterocycles. The summed E-state index contributed by atoms with van der Waals surface area (Å²) in [6.07, 6.45) is -4.19. The molecule has 98 valence electrons. The molecule has 2 aromatic carbocycles. The fourth-order valence-corrected chi connectivity index (χ4v) is 2.43. The van der Waals surface area contributed by atoms with Crippen LogP contribution >= 0.6 is 0 Å². The van der Waals surface area contributed by atoms with Gasteiger partial charge in [0.2, 0.25) is 0 Å². The van der Waals surface area contributed by atoms with Gasteiger partial charge in [0.25, 0.3) is 0 Å². The quantitative estimate of drug-likeness (QED) is 0.680. The Kier molecular flexibility index (Phi) is 2.45. The highest BCUT2D eigenvalue weighted by atomic mass is 19.4. The van der Waals surface area contributed by atoms with Crippen molar-refractivity contribution in [2.75, 3.05) is 5.73 Å². The number of ether oxygens (including phenoxy) is 1. The molecule has 2 N–H and O–H groups in total. The molecule has 5 heteroatoms. The molecule has 0 saturated carbocycles. The van der Waals surface area contributed by atoms with E-state index in [4.69, 9.17) is 5.73 Å². The van der Waals surface area contributed by atoms with Crippen molar-refractivity contribution in [1.29, 1.82) is 0 Å². The van der Waals surface area contributed by atoms with Crippen LogP contribution in [-0.4, -0.2) is 6.36 Å². The van der Waals surface area contributed by atoms with Gasteiger partial charge >= 0.3 is 6.36 Å². The second-order valence-electron chi connectivity index (χ2n) is 4.39. The number of nitrogens with two attached hydrogens (primary N) is 1. The molecule has 0 aliphatic heterocycles. The van der Waals surface area contributed by atoms with Gasteiger partial charge in [0.15, 0.2) is 5.75 Å². The van der Waals surface area contributed by atoms with Crippen molar-refractivity contribution in [3.63, 3.8) is 0 Å². The number of hydrogen-bond acceptors (Lipinski definition) is 2. The molecule has 0 spiro atoms. The van der Waals surface area contributed by atoms with Gasteiger partial charge in [0, 0.05) is 6.42 Å². The maximum Gasteiger partial charge on any atom is 0.573 e. The van der Waals surface area contributed by atoms with Crippen LogP contribution in [0, 0.1) is 0 Å². The highest BCUT2D eigenvalue weighted by Crippen LogP contribution is 2.43. The zero-order chi connectivity index (χ0) is 13.6. The van der Waals surface area contributed by atoms with Crippen LogP contribution in [0.1, 0.15) is 11.1 Å². The summed E-state index contributed by atoms with van der Waals surface area (Å²) < 4.78 is 40.7. The summed E-state index contributed by atoms with van der Waals surface area (Å²) in [6, 6.07) is 10.6. The number of anilines is 1. The monoisotopic (exact) mass is 265 g/mol. The predicted molar refractivity (Wildman–Crippen MR) is 65.8 cm³/mol. The minimum atomic E-state index is -4.73. The summed E-state index contributed by atoms with van der Waals surface area (Å²) >= 11 is 0. The SMILES string of the molecule is Nc1c(OC(F)(F)F)ccc2c1Cc1ccccc1-2. The number of hydrogen-bond donors (Lipinski definition) is 1. The average molecular weight is 265 g/mol. The van der Waals surface area contributed by atoms with E-state index < -0.39 is 6.36 Å². The van der Waals surface area contributed by atoms with Crippen molar-refractivity contribution in [3.05, 3.63) is 47.5 Å². The molecule has 0 amide bonds. The van der Waals surface area contributed by atoms with Gasteiger partial charge in [-0.05, 0) is 28.3 Å². The molecular formula is C14H10F3NO. The topological polar surface area (TPSA) is 35.2 Å². The van der Waals surface area contributed by atoms with Gasteiger partial charge in [-0.2, -0.15) is 0 Å². The summed E-state index contributed by atoms with van der Waals surface area (Å²) in [5, 5.41) is 0. The van der Waals surface area contributed by atoms with Gasteiger partial charge in [-0.3, -0.25) is 0 Å². The first kappa shape index (κ1) is 11.9. The van der Waals surface area contributed by atoms with Crippen LogP contribution in [-0.2, 0) is 6.42 Å². The molecule has 1 aliphatic rings. The zero-order valence-corrected chi connectivity index (χ0v) is 9.79. The first-order valence-corrected chi connectivity index (χ1v) is 5.71. The maximum atomic E-state index is 12.3. The number of alkyl halides is 3. The Morgan fingerprint density at radius 2 is 1.74 bits per heavy atom. The second-order valence-corrected chi connectivity index (χ2v) is 4.39. The van der Waals surface area contributed by atoms with Gasteiger partial charge in [0.1, 0.15) is 0 Å². The van der Waals surface area contributed by atoms with Crippen LogP contribution in [0.4, 0.5) is 18.9 Å². The van der Waals surface area contributed by atoms with Crippen LogP contribution in [0.2, 0.25) is 0 Å². The van der Waals surface area contributed by atoms with Gasteiger partial charge in [-0.15, -0.1) is 13.2 Å². The van der Waals surface area contributed by atoms with Crippen LogP contribution in [0.15, 0.2) is 36.4 Å². The number of halogens is 3. The molecule has 1 aliphatic carbocycles. The Bertz CT molecular complexity index is 650. The Morgan fingerprint density at radius 1 is 1.00 bits per heavy atom. The van der Waals surface area contributed by atoms with Gasteiger partial charge < -0.3 is 10.5 Å². The molecule has 2 aromatic rings. The molecule has 0 heterocycles. The lowest BCUT2D eigenvalue weighted by molar-refractivity contribution is -0.274. The molecular weight excluding hydrogens is 255 g/mol. The van der Waals surface area contributed by atoms with E-state index in [0.717, 1.165) is 16.7 Å². The summed E-state index contributed by atoms with van der Waals surface area (Å²) in [6.45, 7) is 0. The number of benzene rings is 2.